The lowest BCUT2D eigenvalue weighted by atomic mass is 9.86. The lowest BCUT2D eigenvalue weighted by Crippen LogP contribution is -2.46. The molecule has 1 fully saturated rings. The zero-order valence-electron chi connectivity index (χ0n) is 14.6. The minimum absolute atomic E-state index is 0.00332. The Morgan fingerprint density at radius 1 is 1.15 bits per heavy atom. The predicted molar refractivity (Wildman–Crippen MR) is 103 cm³/mol. The number of carbonyl (C=O) groups excluding carboxylic acids is 1. The van der Waals surface area contributed by atoms with Gasteiger partial charge in [-0.3, -0.25) is 14.6 Å². The molecule has 27 heavy (non-hydrogen) atoms. The van der Waals surface area contributed by atoms with Gasteiger partial charge in [-0.1, -0.05) is 54.2 Å². The van der Waals surface area contributed by atoms with E-state index in [-0.39, 0.29) is 24.1 Å². The molecule has 4 nitrogen and oxygen atoms in total. The zero-order chi connectivity index (χ0) is 18.8. The van der Waals surface area contributed by atoms with Gasteiger partial charge in [0.25, 0.3) is 0 Å². The van der Waals surface area contributed by atoms with E-state index in [0.717, 1.165) is 23.0 Å². The summed E-state index contributed by atoms with van der Waals surface area (Å²) in [5.74, 6) is 0.0957. The monoisotopic (exact) mass is 379 g/mol. The predicted octanol–water partition coefficient (Wildman–Crippen LogP) is 4.04. The summed E-state index contributed by atoms with van der Waals surface area (Å²) in [6.45, 7) is 1.24. The molecule has 0 saturated carbocycles. The molecule has 0 spiro atoms. The number of benzene rings is 2. The molecule has 1 atom stereocenters. The summed E-state index contributed by atoms with van der Waals surface area (Å²) >= 11 is 1.53. The third-order valence-corrected chi connectivity index (χ3v) is 6.08. The molecule has 0 bridgehead atoms. The van der Waals surface area contributed by atoms with Crippen molar-refractivity contribution in [1.29, 1.82) is 5.26 Å². The van der Waals surface area contributed by atoms with E-state index in [9.17, 15) is 14.4 Å². The van der Waals surface area contributed by atoms with Gasteiger partial charge in [0.1, 0.15) is 5.82 Å². The van der Waals surface area contributed by atoms with Crippen LogP contribution in [0.3, 0.4) is 0 Å². The van der Waals surface area contributed by atoms with Gasteiger partial charge in [0.05, 0.1) is 29.2 Å². The van der Waals surface area contributed by atoms with Gasteiger partial charge in [-0.05, 0) is 23.3 Å². The number of nitriles is 1. The molecule has 2 aromatic rings. The third kappa shape index (κ3) is 3.61. The van der Waals surface area contributed by atoms with Gasteiger partial charge < -0.3 is 0 Å². The molecule has 1 saturated heterocycles. The van der Waals surface area contributed by atoms with Crippen LogP contribution in [0.2, 0.25) is 0 Å². The fourth-order valence-electron chi connectivity index (χ4n) is 3.53. The number of thioether (sulfide) groups is 1. The zero-order valence-corrected chi connectivity index (χ0v) is 15.5. The quantitative estimate of drug-likeness (QED) is 0.808. The highest BCUT2D eigenvalue weighted by atomic mass is 32.2. The SMILES string of the molecule is N#CC1=C2SCN(Cc3ccccc3)CN2C(=O)C[C@@H]1c1ccc(F)cc1. The summed E-state index contributed by atoms with van der Waals surface area (Å²) < 4.78 is 13.2. The molecule has 2 aliphatic rings. The Morgan fingerprint density at radius 2 is 1.89 bits per heavy atom. The van der Waals surface area contributed by atoms with Crippen molar-refractivity contribution in [3.8, 4) is 6.07 Å². The van der Waals surface area contributed by atoms with E-state index < -0.39 is 0 Å². The second-order valence-corrected chi connectivity index (χ2v) is 7.62. The van der Waals surface area contributed by atoms with Crippen molar-refractivity contribution in [3.05, 3.63) is 82.1 Å². The number of amides is 1. The minimum Gasteiger partial charge on any atom is -0.292 e. The van der Waals surface area contributed by atoms with Crippen molar-refractivity contribution < 1.29 is 9.18 Å². The number of hydrogen-bond acceptors (Lipinski definition) is 4. The summed E-state index contributed by atoms with van der Waals surface area (Å²) in [5, 5.41) is 10.5. The summed E-state index contributed by atoms with van der Waals surface area (Å²) in [5.41, 5.74) is 2.60. The lowest BCUT2D eigenvalue weighted by Gasteiger charge is -2.41. The maximum Gasteiger partial charge on any atom is 0.229 e. The van der Waals surface area contributed by atoms with Gasteiger partial charge in [0.2, 0.25) is 5.91 Å². The van der Waals surface area contributed by atoms with Crippen molar-refractivity contribution in [3.63, 3.8) is 0 Å². The van der Waals surface area contributed by atoms with Crippen LogP contribution in [0.15, 0.2) is 65.2 Å². The summed E-state index contributed by atoms with van der Waals surface area (Å²) in [7, 11) is 0. The third-order valence-electron chi connectivity index (χ3n) is 4.87. The van der Waals surface area contributed by atoms with Gasteiger partial charge in [-0.15, -0.1) is 0 Å². The highest BCUT2D eigenvalue weighted by Gasteiger charge is 2.38. The first-order valence-corrected chi connectivity index (χ1v) is 9.73. The Hall–Kier alpha value is -2.62. The van der Waals surface area contributed by atoms with Crippen LogP contribution in [0.4, 0.5) is 4.39 Å². The van der Waals surface area contributed by atoms with Crippen molar-refractivity contribution in [2.75, 3.05) is 12.5 Å². The number of carbonyl (C=O) groups is 1. The largest absolute Gasteiger partial charge is 0.292 e. The van der Waals surface area contributed by atoms with Crippen LogP contribution in [0.1, 0.15) is 23.5 Å². The second-order valence-electron chi connectivity index (χ2n) is 6.69. The Kier molecular flexibility index (Phi) is 4.97. The number of halogens is 1. The van der Waals surface area contributed by atoms with Crippen molar-refractivity contribution in [2.45, 2.75) is 18.9 Å². The molecular weight excluding hydrogens is 361 g/mol. The molecule has 0 N–H and O–H groups in total. The fourth-order valence-corrected chi connectivity index (χ4v) is 4.67. The van der Waals surface area contributed by atoms with Crippen LogP contribution in [-0.4, -0.2) is 28.3 Å². The average Bonchev–Trinajstić information content (AvgIpc) is 2.69. The molecule has 2 heterocycles. The Labute approximate surface area is 161 Å². The van der Waals surface area contributed by atoms with Gasteiger partial charge in [-0.25, -0.2) is 4.39 Å². The molecule has 1 amide bonds. The number of nitrogens with zero attached hydrogens (tertiary/aromatic N) is 3. The van der Waals surface area contributed by atoms with E-state index in [2.05, 4.69) is 23.1 Å². The standard InChI is InChI=1S/C21H18FN3OS/c22-17-8-6-16(7-9-17)18-10-20(26)25-13-24(12-15-4-2-1-3-5-15)14-27-21(25)19(18)11-23/h1-9,18H,10,12-14H2/t18-/m1/s1. The smallest absolute Gasteiger partial charge is 0.229 e. The van der Waals surface area contributed by atoms with Crippen molar-refractivity contribution in [2.24, 2.45) is 0 Å². The maximum atomic E-state index is 13.2. The first-order chi connectivity index (χ1) is 13.2. The van der Waals surface area contributed by atoms with Crippen LogP contribution in [0.5, 0.6) is 0 Å². The molecule has 4 rings (SSSR count). The van der Waals surface area contributed by atoms with Crippen molar-refractivity contribution in [1.82, 2.24) is 9.80 Å². The first kappa shape index (κ1) is 17.8. The average molecular weight is 379 g/mol. The Morgan fingerprint density at radius 3 is 2.59 bits per heavy atom. The van der Waals surface area contributed by atoms with Crippen LogP contribution in [0, 0.1) is 17.1 Å². The van der Waals surface area contributed by atoms with E-state index in [4.69, 9.17) is 0 Å². The van der Waals surface area contributed by atoms with E-state index in [1.165, 1.54) is 29.5 Å². The fraction of sp³-hybridized carbons (Fsp3) is 0.238. The van der Waals surface area contributed by atoms with E-state index in [0.29, 0.717) is 12.2 Å². The normalized spacial score (nSPS) is 20.4. The summed E-state index contributed by atoms with van der Waals surface area (Å²) in [6, 6.07) is 18.5. The van der Waals surface area contributed by atoms with E-state index in [1.807, 2.05) is 18.2 Å². The molecule has 0 aliphatic carbocycles. The molecular formula is C21H18FN3OS. The minimum atomic E-state index is -0.322. The van der Waals surface area contributed by atoms with E-state index in [1.54, 1.807) is 17.0 Å². The highest BCUT2D eigenvalue weighted by Crippen LogP contribution is 2.42. The van der Waals surface area contributed by atoms with Gasteiger partial charge in [0, 0.05) is 18.9 Å². The Bertz CT molecular complexity index is 921. The highest BCUT2D eigenvalue weighted by molar-refractivity contribution is 8.03. The number of allylic oxidation sites excluding steroid dienone is 1. The number of fused-ring (bicyclic) bond motifs is 1. The summed E-state index contributed by atoms with van der Waals surface area (Å²) in [6.07, 6.45) is 0.234. The number of rotatable bonds is 3. The van der Waals surface area contributed by atoms with Crippen LogP contribution < -0.4 is 0 Å². The molecule has 2 aliphatic heterocycles. The molecule has 136 valence electrons. The van der Waals surface area contributed by atoms with Gasteiger partial charge in [0.15, 0.2) is 0 Å². The molecule has 0 unspecified atom stereocenters. The number of hydrogen-bond donors (Lipinski definition) is 0. The molecule has 2 aromatic carbocycles. The summed E-state index contributed by atoms with van der Waals surface area (Å²) in [4.78, 5) is 16.7. The topological polar surface area (TPSA) is 47.3 Å². The van der Waals surface area contributed by atoms with Gasteiger partial charge >= 0.3 is 0 Å². The molecule has 6 heteroatoms. The van der Waals surface area contributed by atoms with E-state index >= 15 is 0 Å². The first-order valence-electron chi connectivity index (χ1n) is 8.75. The van der Waals surface area contributed by atoms with Crippen LogP contribution in [0.25, 0.3) is 0 Å². The molecule has 0 aromatic heterocycles. The maximum absolute atomic E-state index is 13.2. The van der Waals surface area contributed by atoms with Gasteiger partial charge in [-0.2, -0.15) is 5.26 Å². The molecule has 0 radical (unpaired) electrons. The Balaban J connectivity index is 1.59. The second kappa shape index (κ2) is 7.55. The lowest BCUT2D eigenvalue weighted by molar-refractivity contribution is -0.131. The van der Waals surface area contributed by atoms with Crippen LogP contribution >= 0.6 is 11.8 Å². The van der Waals surface area contributed by atoms with Crippen molar-refractivity contribution >= 4 is 17.7 Å². The van der Waals surface area contributed by atoms with Crippen LogP contribution in [-0.2, 0) is 11.3 Å².